The molecule has 1 fully saturated rings. The van der Waals surface area contributed by atoms with Gasteiger partial charge in [0.2, 0.25) is 0 Å². The van der Waals surface area contributed by atoms with Gasteiger partial charge in [-0.1, -0.05) is 26.2 Å². The smallest absolute Gasteiger partial charge is 0.323 e. The first-order valence-electron chi connectivity index (χ1n) is 5.54. The zero-order valence-corrected chi connectivity index (χ0v) is 9.12. The summed E-state index contributed by atoms with van der Waals surface area (Å²) >= 11 is 0. The molecule has 1 rings (SSSR count). The fourth-order valence-corrected chi connectivity index (χ4v) is 1.46. The van der Waals surface area contributed by atoms with Crippen LogP contribution in [0.15, 0.2) is 0 Å². The topological polar surface area (TPSA) is 63.6 Å². The van der Waals surface area contributed by atoms with Gasteiger partial charge in [-0.15, -0.1) is 0 Å². The van der Waals surface area contributed by atoms with Crippen molar-refractivity contribution < 1.29 is 19.4 Å². The summed E-state index contributed by atoms with van der Waals surface area (Å²) in [5.41, 5.74) is -1.19. The number of unbranched alkanes of at least 4 members (excludes halogenated alkanes) is 3. The number of esters is 1. The molecule has 0 spiro atoms. The Balaban J connectivity index is 2.17. The number of hydrogen-bond donors (Lipinski definition) is 1. The van der Waals surface area contributed by atoms with Crippen LogP contribution in [0.25, 0.3) is 0 Å². The molecule has 86 valence electrons. The number of rotatable bonds is 7. The molecule has 15 heavy (non-hydrogen) atoms. The zero-order chi connectivity index (χ0) is 11.3. The van der Waals surface area contributed by atoms with Crippen molar-refractivity contribution in [2.24, 2.45) is 5.41 Å². The second-order valence-electron chi connectivity index (χ2n) is 4.08. The summed E-state index contributed by atoms with van der Waals surface area (Å²) in [6, 6.07) is 0. The lowest BCUT2D eigenvalue weighted by Gasteiger charge is -2.09. The lowest BCUT2D eigenvalue weighted by molar-refractivity contribution is -0.161. The number of carbonyl (C=O) groups excluding carboxylic acids is 1. The molecule has 0 aromatic rings. The third-order valence-corrected chi connectivity index (χ3v) is 2.78. The van der Waals surface area contributed by atoms with Gasteiger partial charge in [-0.3, -0.25) is 9.59 Å². The Morgan fingerprint density at radius 1 is 1.27 bits per heavy atom. The molecular weight excluding hydrogens is 196 g/mol. The fraction of sp³-hybridized carbons (Fsp3) is 0.818. The van der Waals surface area contributed by atoms with Gasteiger partial charge in [0.15, 0.2) is 5.41 Å². The van der Waals surface area contributed by atoms with E-state index in [1.807, 2.05) is 0 Å². The Hall–Kier alpha value is -1.06. The average molecular weight is 214 g/mol. The molecule has 0 bridgehead atoms. The molecule has 0 aliphatic heterocycles. The van der Waals surface area contributed by atoms with Gasteiger partial charge in [0.25, 0.3) is 0 Å². The molecule has 1 aliphatic rings. The quantitative estimate of drug-likeness (QED) is 0.400. The molecule has 0 amide bonds. The summed E-state index contributed by atoms with van der Waals surface area (Å²) in [5, 5.41) is 8.81. The van der Waals surface area contributed by atoms with E-state index in [4.69, 9.17) is 9.84 Å². The van der Waals surface area contributed by atoms with E-state index in [0.29, 0.717) is 19.4 Å². The predicted octanol–water partition coefficient (Wildman–Crippen LogP) is 1.97. The zero-order valence-electron chi connectivity index (χ0n) is 9.12. The Kier molecular flexibility index (Phi) is 4.12. The second kappa shape index (κ2) is 5.14. The molecule has 0 radical (unpaired) electrons. The van der Waals surface area contributed by atoms with E-state index in [2.05, 4.69) is 6.92 Å². The van der Waals surface area contributed by atoms with Gasteiger partial charge in [-0.2, -0.15) is 0 Å². The standard InChI is InChI=1S/C11H18O4/c1-2-3-4-5-8-15-10(14)11(6-7-11)9(12)13/h2-8H2,1H3,(H,12,13). The van der Waals surface area contributed by atoms with Crippen LogP contribution in [-0.2, 0) is 14.3 Å². The molecule has 1 N–H and O–H groups in total. The first kappa shape index (κ1) is 12.0. The van der Waals surface area contributed by atoms with Crippen LogP contribution in [0.3, 0.4) is 0 Å². The first-order chi connectivity index (χ1) is 7.13. The van der Waals surface area contributed by atoms with E-state index < -0.39 is 17.4 Å². The second-order valence-corrected chi connectivity index (χ2v) is 4.08. The summed E-state index contributed by atoms with van der Waals surface area (Å²) in [7, 11) is 0. The third kappa shape index (κ3) is 2.94. The van der Waals surface area contributed by atoms with Gasteiger partial charge in [0.05, 0.1) is 6.61 Å². The van der Waals surface area contributed by atoms with Crippen molar-refractivity contribution in [2.75, 3.05) is 6.61 Å². The maximum absolute atomic E-state index is 11.4. The highest BCUT2D eigenvalue weighted by molar-refractivity contribution is 6.02. The average Bonchev–Trinajstić information content (AvgIpc) is 2.97. The van der Waals surface area contributed by atoms with Gasteiger partial charge in [0.1, 0.15) is 0 Å². The number of carboxylic acid groups (broad SMARTS) is 1. The Morgan fingerprint density at radius 3 is 2.40 bits per heavy atom. The summed E-state index contributed by atoms with van der Waals surface area (Å²) < 4.78 is 4.96. The van der Waals surface area contributed by atoms with Crippen LogP contribution in [0, 0.1) is 5.41 Å². The van der Waals surface area contributed by atoms with Gasteiger partial charge < -0.3 is 9.84 Å². The van der Waals surface area contributed by atoms with E-state index in [-0.39, 0.29) is 0 Å². The Bertz CT molecular complexity index is 243. The van der Waals surface area contributed by atoms with Crippen LogP contribution in [0.1, 0.15) is 45.4 Å². The van der Waals surface area contributed by atoms with Crippen molar-refractivity contribution in [3.8, 4) is 0 Å². The van der Waals surface area contributed by atoms with Crippen LogP contribution < -0.4 is 0 Å². The lowest BCUT2D eigenvalue weighted by atomic mass is 10.1. The van der Waals surface area contributed by atoms with Crippen molar-refractivity contribution >= 4 is 11.9 Å². The highest BCUT2D eigenvalue weighted by Crippen LogP contribution is 2.46. The number of ether oxygens (including phenoxy) is 1. The maximum Gasteiger partial charge on any atom is 0.323 e. The number of carboxylic acids is 1. The minimum atomic E-state index is -1.19. The highest BCUT2D eigenvalue weighted by Gasteiger charge is 2.58. The van der Waals surface area contributed by atoms with Crippen LogP contribution in [0.5, 0.6) is 0 Å². The van der Waals surface area contributed by atoms with E-state index in [1.54, 1.807) is 0 Å². The fourth-order valence-electron chi connectivity index (χ4n) is 1.46. The minimum absolute atomic E-state index is 0.355. The van der Waals surface area contributed by atoms with Crippen LogP contribution in [-0.4, -0.2) is 23.7 Å². The van der Waals surface area contributed by atoms with E-state index in [9.17, 15) is 9.59 Å². The van der Waals surface area contributed by atoms with E-state index in [1.165, 1.54) is 0 Å². The number of carbonyl (C=O) groups is 2. The Morgan fingerprint density at radius 2 is 1.93 bits per heavy atom. The first-order valence-corrected chi connectivity index (χ1v) is 5.54. The molecule has 4 heteroatoms. The third-order valence-electron chi connectivity index (χ3n) is 2.78. The van der Waals surface area contributed by atoms with E-state index >= 15 is 0 Å². The molecule has 0 aromatic carbocycles. The summed E-state index contributed by atoms with van der Waals surface area (Å²) in [4.78, 5) is 22.2. The number of aliphatic carboxylic acids is 1. The SMILES string of the molecule is CCCCCCOC(=O)C1(C(=O)O)CC1. The predicted molar refractivity (Wildman–Crippen MR) is 54.4 cm³/mol. The van der Waals surface area contributed by atoms with Crippen molar-refractivity contribution in [1.29, 1.82) is 0 Å². The van der Waals surface area contributed by atoms with Gasteiger partial charge in [-0.05, 0) is 19.3 Å². The molecule has 0 atom stereocenters. The lowest BCUT2D eigenvalue weighted by Crippen LogP contribution is -2.27. The molecule has 0 saturated heterocycles. The molecule has 1 saturated carbocycles. The Labute approximate surface area is 89.6 Å². The molecule has 0 unspecified atom stereocenters. The summed E-state index contributed by atoms with van der Waals surface area (Å²) in [6.45, 7) is 2.46. The van der Waals surface area contributed by atoms with E-state index in [0.717, 1.165) is 25.7 Å². The largest absolute Gasteiger partial charge is 0.480 e. The summed E-state index contributed by atoms with van der Waals surface area (Å²) in [5.74, 6) is -1.59. The molecule has 0 aromatic heterocycles. The molecule has 4 nitrogen and oxygen atoms in total. The molecule has 1 aliphatic carbocycles. The normalized spacial score (nSPS) is 17.1. The highest BCUT2D eigenvalue weighted by atomic mass is 16.5. The minimum Gasteiger partial charge on any atom is -0.480 e. The van der Waals surface area contributed by atoms with Crippen LogP contribution in [0.4, 0.5) is 0 Å². The van der Waals surface area contributed by atoms with Gasteiger partial charge in [-0.25, -0.2) is 0 Å². The number of hydrogen-bond acceptors (Lipinski definition) is 3. The van der Waals surface area contributed by atoms with Crippen molar-refractivity contribution in [3.63, 3.8) is 0 Å². The van der Waals surface area contributed by atoms with Crippen molar-refractivity contribution in [1.82, 2.24) is 0 Å². The van der Waals surface area contributed by atoms with Crippen LogP contribution >= 0.6 is 0 Å². The van der Waals surface area contributed by atoms with Crippen LogP contribution in [0.2, 0.25) is 0 Å². The maximum atomic E-state index is 11.4. The van der Waals surface area contributed by atoms with Gasteiger partial charge >= 0.3 is 11.9 Å². The van der Waals surface area contributed by atoms with Crippen molar-refractivity contribution in [3.05, 3.63) is 0 Å². The molecular formula is C11H18O4. The van der Waals surface area contributed by atoms with Crippen molar-refractivity contribution in [2.45, 2.75) is 45.4 Å². The molecule has 0 heterocycles. The van der Waals surface area contributed by atoms with Gasteiger partial charge in [0, 0.05) is 0 Å². The monoisotopic (exact) mass is 214 g/mol. The summed E-state index contributed by atoms with van der Waals surface area (Å²) in [6.07, 6.45) is 4.97.